The molecular weight excluding hydrogens is 332 g/mol. The quantitative estimate of drug-likeness (QED) is 0.562. The zero-order chi connectivity index (χ0) is 19.6. The predicted octanol–water partition coefficient (Wildman–Crippen LogP) is 5.97. The standard InChI is InChI=1S/C19H31ClN2O.C2H6/c1-7-10-17(22(6,9-3)11-8-2)19(23)21-18-14(4)12-16(20)13-15(18)5;1-2/h12-13,17H,7-11H2,1-6H3;1-2H3/p+1. The molecule has 0 fully saturated rings. The summed E-state index contributed by atoms with van der Waals surface area (Å²) in [6.07, 6.45) is 2.99. The van der Waals surface area contributed by atoms with Crippen molar-refractivity contribution in [3.05, 3.63) is 28.3 Å². The van der Waals surface area contributed by atoms with E-state index >= 15 is 0 Å². The van der Waals surface area contributed by atoms with Crippen LogP contribution < -0.4 is 5.32 Å². The van der Waals surface area contributed by atoms with Gasteiger partial charge in [0.1, 0.15) is 0 Å². The van der Waals surface area contributed by atoms with Gasteiger partial charge in [0.15, 0.2) is 6.04 Å². The van der Waals surface area contributed by atoms with Crippen LogP contribution in [0.15, 0.2) is 12.1 Å². The van der Waals surface area contributed by atoms with E-state index in [4.69, 9.17) is 11.6 Å². The number of benzene rings is 1. The maximum atomic E-state index is 13.0. The molecule has 0 bridgehead atoms. The predicted molar refractivity (Wildman–Crippen MR) is 111 cm³/mol. The number of nitrogens with one attached hydrogen (secondary N) is 1. The molecule has 4 heteroatoms. The fourth-order valence-corrected chi connectivity index (χ4v) is 3.69. The average Bonchev–Trinajstić information content (AvgIpc) is 2.57. The van der Waals surface area contributed by atoms with Gasteiger partial charge in [-0.2, -0.15) is 0 Å². The molecule has 0 saturated carbocycles. The molecule has 0 aliphatic carbocycles. The normalized spacial score (nSPS) is 14.1. The van der Waals surface area contributed by atoms with Crippen molar-refractivity contribution in [2.45, 2.75) is 73.8 Å². The molecule has 0 radical (unpaired) electrons. The van der Waals surface area contributed by atoms with Gasteiger partial charge in [0.05, 0.1) is 20.1 Å². The zero-order valence-electron chi connectivity index (χ0n) is 17.5. The number of anilines is 1. The highest BCUT2D eigenvalue weighted by Gasteiger charge is 2.36. The van der Waals surface area contributed by atoms with E-state index in [2.05, 4.69) is 33.1 Å². The molecule has 25 heavy (non-hydrogen) atoms. The largest absolute Gasteiger partial charge is 0.320 e. The van der Waals surface area contributed by atoms with Crippen LogP contribution in [0.5, 0.6) is 0 Å². The lowest BCUT2D eigenvalue weighted by Gasteiger charge is -2.40. The minimum absolute atomic E-state index is 0.0144. The van der Waals surface area contributed by atoms with E-state index in [1.807, 2.05) is 39.8 Å². The molecule has 1 rings (SSSR count). The number of hydrogen-bond donors (Lipinski definition) is 1. The van der Waals surface area contributed by atoms with Crippen LogP contribution in [0.25, 0.3) is 0 Å². The Morgan fingerprint density at radius 2 is 1.64 bits per heavy atom. The first-order valence-corrected chi connectivity index (χ1v) is 10.1. The lowest BCUT2D eigenvalue weighted by atomic mass is 10.0. The summed E-state index contributed by atoms with van der Waals surface area (Å²) in [7, 11) is 2.20. The maximum absolute atomic E-state index is 13.0. The van der Waals surface area contributed by atoms with Gasteiger partial charge in [-0.25, -0.2) is 0 Å². The van der Waals surface area contributed by atoms with E-state index in [-0.39, 0.29) is 11.9 Å². The van der Waals surface area contributed by atoms with Crippen LogP contribution in [0.4, 0.5) is 5.69 Å². The summed E-state index contributed by atoms with van der Waals surface area (Å²) in [5, 5.41) is 3.89. The Kier molecular flexibility index (Phi) is 11.0. The van der Waals surface area contributed by atoms with Crippen LogP contribution in [-0.4, -0.2) is 36.6 Å². The van der Waals surface area contributed by atoms with Gasteiger partial charge >= 0.3 is 0 Å². The Bertz CT molecular complexity index is 522. The molecule has 0 aromatic heterocycles. The van der Waals surface area contributed by atoms with Gasteiger partial charge in [-0.1, -0.05) is 39.3 Å². The highest BCUT2D eigenvalue weighted by molar-refractivity contribution is 6.30. The molecule has 2 unspecified atom stereocenters. The van der Waals surface area contributed by atoms with Crippen molar-refractivity contribution in [2.75, 3.05) is 25.5 Å². The summed E-state index contributed by atoms with van der Waals surface area (Å²) in [6.45, 7) is 16.5. The van der Waals surface area contributed by atoms with E-state index < -0.39 is 0 Å². The van der Waals surface area contributed by atoms with Gasteiger partial charge in [-0.15, -0.1) is 0 Å². The third-order valence-electron chi connectivity index (χ3n) is 4.82. The number of nitrogens with zero attached hydrogens (tertiary/aromatic N) is 1. The number of amides is 1. The van der Waals surface area contributed by atoms with Crippen molar-refractivity contribution in [1.82, 2.24) is 0 Å². The summed E-state index contributed by atoms with van der Waals surface area (Å²) in [5.41, 5.74) is 2.93. The van der Waals surface area contributed by atoms with Crippen molar-refractivity contribution >= 4 is 23.2 Å². The van der Waals surface area contributed by atoms with Crippen molar-refractivity contribution in [1.29, 1.82) is 0 Å². The van der Waals surface area contributed by atoms with Crippen LogP contribution in [0.3, 0.4) is 0 Å². The molecule has 1 amide bonds. The number of hydrogen-bond acceptors (Lipinski definition) is 1. The fraction of sp³-hybridized carbons (Fsp3) is 0.667. The Balaban J connectivity index is 0.00000277. The summed E-state index contributed by atoms with van der Waals surface area (Å²) < 4.78 is 0.794. The van der Waals surface area contributed by atoms with Gasteiger partial charge in [-0.3, -0.25) is 4.79 Å². The molecule has 1 aromatic rings. The zero-order valence-corrected chi connectivity index (χ0v) is 18.3. The van der Waals surface area contributed by atoms with E-state index in [0.717, 1.165) is 53.6 Å². The monoisotopic (exact) mass is 369 g/mol. The number of halogens is 1. The van der Waals surface area contributed by atoms with Crippen molar-refractivity contribution in [3.8, 4) is 0 Å². The highest BCUT2D eigenvalue weighted by Crippen LogP contribution is 2.26. The lowest BCUT2D eigenvalue weighted by molar-refractivity contribution is -0.923. The third kappa shape index (κ3) is 6.63. The van der Waals surface area contributed by atoms with Crippen LogP contribution in [-0.2, 0) is 4.79 Å². The fourth-order valence-electron chi connectivity index (χ4n) is 3.36. The minimum Gasteiger partial charge on any atom is -0.320 e. The third-order valence-corrected chi connectivity index (χ3v) is 5.04. The topological polar surface area (TPSA) is 29.1 Å². The van der Waals surface area contributed by atoms with Crippen LogP contribution in [0, 0.1) is 13.8 Å². The van der Waals surface area contributed by atoms with Gasteiger partial charge in [0.2, 0.25) is 0 Å². The summed E-state index contributed by atoms with van der Waals surface area (Å²) in [4.78, 5) is 13.0. The molecule has 2 atom stereocenters. The molecule has 144 valence electrons. The van der Waals surface area contributed by atoms with Gasteiger partial charge < -0.3 is 9.80 Å². The van der Waals surface area contributed by atoms with E-state index in [1.54, 1.807) is 0 Å². The van der Waals surface area contributed by atoms with Crippen LogP contribution in [0.1, 0.15) is 65.0 Å². The van der Waals surface area contributed by atoms with E-state index in [1.165, 1.54) is 0 Å². The SMILES string of the molecule is CC.CCCC(C(=O)Nc1c(C)cc(Cl)cc1C)[N+](C)(CC)CCC. The van der Waals surface area contributed by atoms with E-state index in [0.29, 0.717) is 5.02 Å². The second-order valence-corrected chi connectivity index (χ2v) is 7.16. The van der Waals surface area contributed by atoms with Crippen molar-refractivity contribution < 1.29 is 9.28 Å². The number of rotatable bonds is 8. The molecule has 0 spiro atoms. The Morgan fingerprint density at radius 3 is 2.04 bits per heavy atom. The minimum atomic E-state index is -0.0144. The number of carbonyl (C=O) groups is 1. The molecule has 1 N–H and O–H groups in total. The smallest absolute Gasteiger partial charge is 0.282 e. The first-order valence-electron chi connectivity index (χ1n) is 9.70. The first-order chi connectivity index (χ1) is 11.8. The summed E-state index contributed by atoms with van der Waals surface area (Å²) in [6, 6.07) is 3.79. The number of aryl methyl sites for hydroxylation is 2. The molecule has 0 aliphatic rings. The maximum Gasteiger partial charge on any atom is 0.282 e. The molecule has 0 aliphatic heterocycles. The number of likely N-dealkylation sites (N-methyl/N-ethyl adjacent to an activating group) is 1. The Morgan fingerprint density at radius 1 is 1.12 bits per heavy atom. The van der Waals surface area contributed by atoms with Crippen LogP contribution >= 0.6 is 11.6 Å². The molecule has 1 aromatic carbocycles. The van der Waals surface area contributed by atoms with Crippen LogP contribution in [0.2, 0.25) is 5.02 Å². The van der Waals surface area contributed by atoms with Gasteiger partial charge in [-0.05, 0) is 56.9 Å². The summed E-state index contributed by atoms with van der Waals surface area (Å²) >= 11 is 6.09. The number of carbonyl (C=O) groups excluding carboxylic acids is 1. The number of quaternary nitrogens is 1. The second kappa shape index (κ2) is 11.5. The van der Waals surface area contributed by atoms with E-state index in [9.17, 15) is 4.79 Å². The van der Waals surface area contributed by atoms with Crippen molar-refractivity contribution in [2.24, 2.45) is 0 Å². The Labute approximate surface area is 160 Å². The first kappa shape index (κ1) is 23.9. The average molecular weight is 370 g/mol. The Hall–Kier alpha value is -1.06. The highest BCUT2D eigenvalue weighted by atomic mass is 35.5. The molecular formula is C21H38ClN2O+. The summed E-state index contributed by atoms with van der Waals surface area (Å²) in [5.74, 6) is 0.123. The van der Waals surface area contributed by atoms with Gasteiger partial charge in [0, 0.05) is 17.1 Å². The molecule has 3 nitrogen and oxygen atoms in total. The van der Waals surface area contributed by atoms with Crippen molar-refractivity contribution in [3.63, 3.8) is 0 Å². The lowest BCUT2D eigenvalue weighted by Crippen LogP contribution is -2.57. The molecule has 0 saturated heterocycles. The second-order valence-electron chi connectivity index (χ2n) is 6.73. The van der Waals surface area contributed by atoms with Gasteiger partial charge in [0.25, 0.3) is 5.91 Å². The molecule has 0 heterocycles.